The summed E-state index contributed by atoms with van der Waals surface area (Å²) in [6.45, 7) is 2.29. The van der Waals surface area contributed by atoms with E-state index in [-0.39, 0.29) is 11.3 Å². The van der Waals surface area contributed by atoms with Crippen LogP contribution in [0.4, 0.5) is 28.0 Å². The number of halogens is 4. The molecule has 0 fully saturated rings. The molecule has 1 aromatic carbocycles. The summed E-state index contributed by atoms with van der Waals surface area (Å²) >= 11 is 0. The number of carbonyl (C=O) groups is 3. The minimum absolute atomic E-state index is 0.139. The minimum atomic E-state index is -3.44. The Morgan fingerprint density at radius 2 is 1.80 bits per heavy atom. The lowest BCUT2D eigenvalue weighted by atomic mass is 9.97. The Bertz CT molecular complexity index is 684. The standard InChI is InChI=1S/C14H15F4N3O4/c1-5(13(23)21-12(18)11(16)17)7-3-8(15)10(25-14(19)24)4-9(7)20-6(2)22/h3-5,11-12H,1-2H3,(H2,19,24)(H,20,22)(H,21,23). The molecule has 0 aliphatic rings. The molecule has 0 aromatic heterocycles. The Balaban J connectivity index is 3.22. The van der Waals surface area contributed by atoms with Crippen molar-refractivity contribution in [2.75, 3.05) is 5.32 Å². The van der Waals surface area contributed by atoms with Crippen molar-refractivity contribution in [2.24, 2.45) is 5.73 Å². The van der Waals surface area contributed by atoms with Crippen LogP contribution in [0.5, 0.6) is 5.75 Å². The number of hydrogen-bond donors (Lipinski definition) is 3. The van der Waals surface area contributed by atoms with Gasteiger partial charge in [0.2, 0.25) is 18.1 Å². The third-order valence-corrected chi connectivity index (χ3v) is 2.99. The van der Waals surface area contributed by atoms with Crippen molar-refractivity contribution in [1.29, 1.82) is 0 Å². The lowest BCUT2D eigenvalue weighted by Crippen LogP contribution is -2.39. The minimum Gasteiger partial charge on any atom is -0.407 e. The predicted molar refractivity (Wildman–Crippen MR) is 78.4 cm³/mol. The third-order valence-electron chi connectivity index (χ3n) is 2.99. The first-order chi connectivity index (χ1) is 11.5. The summed E-state index contributed by atoms with van der Waals surface area (Å²) < 4.78 is 55.7. The second-order valence-corrected chi connectivity index (χ2v) is 4.94. The molecular formula is C14H15F4N3O4. The predicted octanol–water partition coefficient (Wildman–Crippen LogP) is 2.02. The number of benzene rings is 1. The average Bonchev–Trinajstić information content (AvgIpc) is 2.48. The molecule has 2 atom stereocenters. The molecule has 0 aliphatic heterocycles. The van der Waals surface area contributed by atoms with E-state index in [4.69, 9.17) is 5.73 Å². The molecule has 1 aromatic rings. The van der Waals surface area contributed by atoms with Crippen LogP contribution in [0.1, 0.15) is 25.3 Å². The van der Waals surface area contributed by atoms with Gasteiger partial charge in [-0.1, -0.05) is 0 Å². The molecular weight excluding hydrogens is 350 g/mol. The topological polar surface area (TPSA) is 111 Å². The monoisotopic (exact) mass is 365 g/mol. The van der Waals surface area contributed by atoms with Crippen LogP contribution in [0.25, 0.3) is 0 Å². The van der Waals surface area contributed by atoms with Gasteiger partial charge in [0, 0.05) is 18.7 Å². The lowest BCUT2D eigenvalue weighted by molar-refractivity contribution is -0.126. The van der Waals surface area contributed by atoms with Crippen molar-refractivity contribution in [3.63, 3.8) is 0 Å². The van der Waals surface area contributed by atoms with Crippen molar-refractivity contribution < 1.29 is 36.7 Å². The number of primary amides is 1. The molecule has 0 heterocycles. The van der Waals surface area contributed by atoms with Gasteiger partial charge in [-0.2, -0.15) is 0 Å². The van der Waals surface area contributed by atoms with E-state index in [0.29, 0.717) is 0 Å². The molecule has 138 valence electrons. The van der Waals surface area contributed by atoms with Gasteiger partial charge in [0.25, 0.3) is 6.43 Å². The van der Waals surface area contributed by atoms with E-state index in [2.05, 4.69) is 10.1 Å². The summed E-state index contributed by atoms with van der Waals surface area (Å²) in [4.78, 5) is 33.8. The second kappa shape index (κ2) is 8.31. The van der Waals surface area contributed by atoms with E-state index in [1.165, 1.54) is 12.2 Å². The van der Waals surface area contributed by atoms with Crippen LogP contribution in [0, 0.1) is 5.82 Å². The van der Waals surface area contributed by atoms with Crippen LogP contribution >= 0.6 is 0 Å². The number of amides is 3. The number of nitrogens with two attached hydrogens (primary N) is 1. The molecule has 4 N–H and O–H groups in total. The smallest absolute Gasteiger partial charge is 0.407 e. The zero-order chi connectivity index (χ0) is 19.3. The van der Waals surface area contributed by atoms with Crippen LogP contribution in [-0.4, -0.2) is 30.6 Å². The van der Waals surface area contributed by atoms with E-state index in [9.17, 15) is 31.9 Å². The first-order valence-electron chi connectivity index (χ1n) is 6.83. The van der Waals surface area contributed by atoms with E-state index < -0.39 is 48.1 Å². The summed E-state index contributed by atoms with van der Waals surface area (Å²) in [7, 11) is 0. The first kappa shape index (κ1) is 20.2. The van der Waals surface area contributed by atoms with Gasteiger partial charge in [0.15, 0.2) is 11.6 Å². The molecule has 1 rings (SSSR count). The van der Waals surface area contributed by atoms with Crippen LogP contribution in [-0.2, 0) is 9.59 Å². The normalized spacial score (nSPS) is 13.1. The summed E-state index contributed by atoms with van der Waals surface area (Å²) in [5, 5.41) is 3.69. The van der Waals surface area contributed by atoms with Gasteiger partial charge in [-0.05, 0) is 18.6 Å². The molecule has 0 saturated carbocycles. The molecule has 0 bridgehead atoms. The second-order valence-electron chi connectivity index (χ2n) is 4.94. The fourth-order valence-electron chi connectivity index (χ4n) is 1.88. The van der Waals surface area contributed by atoms with Gasteiger partial charge in [0.1, 0.15) is 0 Å². The Kier molecular flexibility index (Phi) is 6.71. The number of alkyl halides is 3. The highest BCUT2D eigenvalue weighted by Crippen LogP contribution is 2.32. The van der Waals surface area contributed by atoms with Gasteiger partial charge < -0.3 is 21.1 Å². The molecule has 2 unspecified atom stereocenters. The molecule has 7 nitrogen and oxygen atoms in total. The van der Waals surface area contributed by atoms with Crippen LogP contribution in [0.3, 0.4) is 0 Å². The average molecular weight is 365 g/mol. The number of rotatable bonds is 6. The Labute approximate surface area is 139 Å². The number of anilines is 1. The molecule has 11 heteroatoms. The van der Waals surface area contributed by atoms with Crippen molar-refractivity contribution in [1.82, 2.24) is 5.32 Å². The van der Waals surface area contributed by atoms with Gasteiger partial charge in [0.05, 0.1) is 5.92 Å². The summed E-state index contributed by atoms with van der Waals surface area (Å²) in [6.07, 6.45) is -7.65. The van der Waals surface area contributed by atoms with Gasteiger partial charge in [-0.25, -0.2) is 22.4 Å². The van der Waals surface area contributed by atoms with Crippen LogP contribution in [0.2, 0.25) is 0 Å². The SMILES string of the molecule is CC(=O)Nc1cc(OC(N)=O)c(F)cc1C(C)C(=O)NC(F)C(F)F. The number of hydrogen-bond acceptors (Lipinski definition) is 4. The van der Waals surface area contributed by atoms with Crippen molar-refractivity contribution >= 4 is 23.6 Å². The molecule has 0 spiro atoms. The highest BCUT2D eigenvalue weighted by molar-refractivity contribution is 5.92. The molecule has 25 heavy (non-hydrogen) atoms. The zero-order valence-corrected chi connectivity index (χ0v) is 13.1. The van der Waals surface area contributed by atoms with Gasteiger partial charge >= 0.3 is 6.09 Å². The fourth-order valence-corrected chi connectivity index (χ4v) is 1.88. The van der Waals surface area contributed by atoms with Crippen LogP contribution in [0.15, 0.2) is 12.1 Å². The Morgan fingerprint density at radius 1 is 1.20 bits per heavy atom. The first-order valence-corrected chi connectivity index (χ1v) is 6.83. The third kappa shape index (κ3) is 5.62. The lowest BCUT2D eigenvalue weighted by Gasteiger charge is -2.19. The van der Waals surface area contributed by atoms with Crippen molar-refractivity contribution in [3.8, 4) is 5.75 Å². The maximum absolute atomic E-state index is 14.0. The van der Waals surface area contributed by atoms with E-state index in [0.717, 1.165) is 19.1 Å². The van der Waals surface area contributed by atoms with Crippen molar-refractivity contribution in [2.45, 2.75) is 32.5 Å². The summed E-state index contributed by atoms with van der Waals surface area (Å²) in [5.41, 5.74) is 4.49. The Hall–Kier alpha value is -2.85. The van der Waals surface area contributed by atoms with E-state index in [1.54, 1.807) is 0 Å². The number of ether oxygens (including phenoxy) is 1. The fraction of sp³-hybridized carbons (Fsp3) is 0.357. The summed E-state index contributed by atoms with van der Waals surface area (Å²) in [6, 6.07) is 1.63. The highest BCUT2D eigenvalue weighted by atomic mass is 19.3. The van der Waals surface area contributed by atoms with E-state index in [1.807, 2.05) is 0 Å². The van der Waals surface area contributed by atoms with Gasteiger partial charge in [-0.3, -0.25) is 9.59 Å². The van der Waals surface area contributed by atoms with E-state index >= 15 is 0 Å². The van der Waals surface area contributed by atoms with Gasteiger partial charge in [-0.15, -0.1) is 0 Å². The molecule has 0 radical (unpaired) electrons. The molecule has 0 aliphatic carbocycles. The maximum Gasteiger partial charge on any atom is 0.410 e. The number of carbonyl (C=O) groups excluding carboxylic acids is 3. The zero-order valence-electron chi connectivity index (χ0n) is 13.1. The molecule has 3 amide bonds. The maximum atomic E-state index is 14.0. The largest absolute Gasteiger partial charge is 0.410 e. The molecule has 0 saturated heterocycles. The Morgan fingerprint density at radius 3 is 2.28 bits per heavy atom. The number of nitrogens with one attached hydrogen (secondary N) is 2. The van der Waals surface area contributed by atoms with Crippen molar-refractivity contribution in [3.05, 3.63) is 23.5 Å². The quantitative estimate of drug-likeness (QED) is 0.529. The summed E-state index contributed by atoms with van der Waals surface area (Å²) in [5.74, 6) is -4.81. The highest BCUT2D eigenvalue weighted by Gasteiger charge is 2.27. The van der Waals surface area contributed by atoms with Crippen LogP contribution < -0.4 is 21.1 Å².